The molecule has 0 radical (unpaired) electrons. The fraction of sp³-hybridized carbons (Fsp3) is 0.846. The van der Waals surface area contributed by atoms with E-state index in [9.17, 15) is 19.8 Å². The van der Waals surface area contributed by atoms with Gasteiger partial charge in [0.05, 0.1) is 6.61 Å². The van der Waals surface area contributed by atoms with Crippen molar-refractivity contribution >= 4 is 11.9 Å². The Bertz CT molecular complexity index is 375. The van der Waals surface area contributed by atoms with Crippen LogP contribution in [0.25, 0.3) is 0 Å². The van der Waals surface area contributed by atoms with Crippen molar-refractivity contribution in [2.24, 2.45) is 28.2 Å². The number of carboxylic acid groups (broad SMARTS) is 2. The molecule has 8 heteroatoms. The molecule has 1 fully saturated rings. The molecule has 1 aliphatic rings. The van der Waals surface area contributed by atoms with Gasteiger partial charge in [-0.3, -0.25) is 9.59 Å². The monoisotopic (exact) mass is 483 g/mol. The van der Waals surface area contributed by atoms with Crippen LogP contribution in [0.4, 0.5) is 0 Å². The van der Waals surface area contributed by atoms with Crippen molar-refractivity contribution in [1.29, 1.82) is 0 Å². The van der Waals surface area contributed by atoms with E-state index in [4.69, 9.17) is 16.2 Å². The zero-order chi connectivity index (χ0) is 15.6. The zero-order valence-corrected chi connectivity index (χ0v) is 14.6. The molecule has 1 heterocycles. The van der Waals surface area contributed by atoms with Gasteiger partial charge < -0.3 is 26.4 Å². The van der Waals surface area contributed by atoms with E-state index in [2.05, 4.69) is 0 Å². The first-order valence-electron chi connectivity index (χ1n) is 6.67. The van der Waals surface area contributed by atoms with E-state index >= 15 is 0 Å². The van der Waals surface area contributed by atoms with Crippen LogP contribution in [-0.4, -0.2) is 48.0 Å². The van der Waals surface area contributed by atoms with Gasteiger partial charge in [0.1, 0.15) is 0 Å². The third-order valence-electron chi connectivity index (χ3n) is 4.19. The first-order chi connectivity index (χ1) is 9.17. The average Bonchev–Trinajstić information content (AvgIpc) is 2.37. The number of carbonyl (C=O) groups is 2. The van der Waals surface area contributed by atoms with Gasteiger partial charge in [-0.2, -0.15) is 0 Å². The Balaban J connectivity index is 0.00000400. The second kappa shape index (κ2) is 7.67. The maximum atomic E-state index is 11.6. The summed E-state index contributed by atoms with van der Waals surface area (Å²) in [5.41, 5.74) is 9.60. The number of carboxylic acids is 2. The van der Waals surface area contributed by atoms with Crippen molar-refractivity contribution in [3.8, 4) is 0 Å². The van der Waals surface area contributed by atoms with Gasteiger partial charge in [-0.1, -0.05) is 13.8 Å². The Morgan fingerprint density at radius 2 is 1.90 bits per heavy atom. The molecule has 0 spiro atoms. The van der Waals surface area contributed by atoms with Gasteiger partial charge in [0, 0.05) is 39.6 Å². The number of hydrogen-bond donors (Lipinski definition) is 4. The molecular formula is C13H24N2O5Pt. The van der Waals surface area contributed by atoms with Crippen LogP contribution >= 0.6 is 0 Å². The van der Waals surface area contributed by atoms with E-state index in [1.807, 2.05) is 13.8 Å². The Labute approximate surface area is 138 Å². The summed E-state index contributed by atoms with van der Waals surface area (Å²) in [6, 6.07) is -0.596. The normalized spacial score (nSPS) is 23.0. The molecule has 0 aliphatic carbocycles. The van der Waals surface area contributed by atoms with Crippen molar-refractivity contribution in [2.75, 3.05) is 19.8 Å². The average molecular weight is 483 g/mol. The Kier molecular flexibility index (Phi) is 7.50. The summed E-state index contributed by atoms with van der Waals surface area (Å²) in [5, 5.41) is 18.8. The maximum absolute atomic E-state index is 11.6. The predicted octanol–water partition coefficient (Wildman–Crippen LogP) is -0.122. The minimum Gasteiger partial charge on any atom is -0.480 e. The zero-order valence-electron chi connectivity index (χ0n) is 12.3. The van der Waals surface area contributed by atoms with Gasteiger partial charge in [-0.25, -0.2) is 0 Å². The molecule has 0 amide bonds. The SMILES string of the molecule is CC(C)(CN)CC(N)C1COCCC1(C(=O)O)C(=O)O.[Pt]. The molecule has 2 unspecified atom stereocenters. The number of ether oxygens (including phenoxy) is 1. The van der Waals surface area contributed by atoms with E-state index in [1.165, 1.54) is 0 Å². The van der Waals surface area contributed by atoms with E-state index in [-0.39, 0.29) is 46.1 Å². The third kappa shape index (κ3) is 4.25. The second-order valence-corrected chi connectivity index (χ2v) is 6.25. The van der Waals surface area contributed by atoms with Crippen LogP contribution in [0, 0.1) is 16.7 Å². The summed E-state index contributed by atoms with van der Waals surface area (Å²) in [5.74, 6) is -3.46. The molecule has 0 saturated carbocycles. The summed E-state index contributed by atoms with van der Waals surface area (Å²) in [6.07, 6.45) is 0.374. The molecule has 0 bridgehead atoms. The van der Waals surface area contributed by atoms with E-state index in [0.29, 0.717) is 13.0 Å². The van der Waals surface area contributed by atoms with Gasteiger partial charge in [0.2, 0.25) is 0 Å². The molecule has 1 saturated heterocycles. The van der Waals surface area contributed by atoms with Crippen LogP contribution in [0.3, 0.4) is 0 Å². The van der Waals surface area contributed by atoms with Gasteiger partial charge in [-0.05, 0) is 24.8 Å². The van der Waals surface area contributed by atoms with Crippen LogP contribution in [0.2, 0.25) is 0 Å². The van der Waals surface area contributed by atoms with Crippen molar-refractivity contribution in [1.82, 2.24) is 0 Å². The Morgan fingerprint density at radius 3 is 2.33 bits per heavy atom. The molecule has 21 heavy (non-hydrogen) atoms. The molecule has 0 aromatic carbocycles. The topological polar surface area (TPSA) is 136 Å². The summed E-state index contributed by atoms with van der Waals surface area (Å²) in [6.45, 7) is 4.38. The molecule has 1 rings (SSSR count). The minimum atomic E-state index is -1.87. The van der Waals surface area contributed by atoms with Crippen LogP contribution < -0.4 is 11.5 Å². The number of rotatable bonds is 6. The van der Waals surface area contributed by atoms with Crippen molar-refractivity contribution < 1.29 is 45.6 Å². The third-order valence-corrected chi connectivity index (χ3v) is 4.19. The maximum Gasteiger partial charge on any atom is 0.321 e. The molecule has 7 nitrogen and oxygen atoms in total. The Hall–Kier alpha value is -0.492. The Morgan fingerprint density at radius 1 is 1.38 bits per heavy atom. The number of aliphatic carboxylic acids is 2. The summed E-state index contributed by atoms with van der Waals surface area (Å²) in [4.78, 5) is 23.1. The second-order valence-electron chi connectivity index (χ2n) is 6.25. The van der Waals surface area contributed by atoms with Gasteiger partial charge in [0.15, 0.2) is 5.41 Å². The van der Waals surface area contributed by atoms with E-state index < -0.39 is 29.3 Å². The summed E-state index contributed by atoms with van der Waals surface area (Å²) >= 11 is 0. The van der Waals surface area contributed by atoms with Crippen molar-refractivity contribution in [3.63, 3.8) is 0 Å². The molecule has 0 aromatic heterocycles. The first-order valence-corrected chi connectivity index (χ1v) is 6.67. The largest absolute Gasteiger partial charge is 0.480 e. The fourth-order valence-corrected chi connectivity index (χ4v) is 2.75. The number of hydrogen-bond acceptors (Lipinski definition) is 5. The smallest absolute Gasteiger partial charge is 0.321 e. The molecule has 126 valence electrons. The predicted molar refractivity (Wildman–Crippen MR) is 72.1 cm³/mol. The van der Waals surface area contributed by atoms with E-state index in [1.54, 1.807) is 0 Å². The molecule has 0 aromatic rings. The number of nitrogens with two attached hydrogens (primary N) is 2. The van der Waals surface area contributed by atoms with Crippen LogP contribution in [0.5, 0.6) is 0 Å². The van der Waals surface area contributed by atoms with Gasteiger partial charge in [0.25, 0.3) is 0 Å². The van der Waals surface area contributed by atoms with Crippen LogP contribution in [-0.2, 0) is 35.4 Å². The van der Waals surface area contributed by atoms with Crippen molar-refractivity contribution in [3.05, 3.63) is 0 Å². The van der Waals surface area contributed by atoms with Crippen LogP contribution in [0.1, 0.15) is 26.7 Å². The summed E-state index contributed by atoms with van der Waals surface area (Å²) in [7, 11) is 0. The quantitative estimate of drug-likeness (QED) is 0.387. The molecular weight excluding hydrogens is 459 g/mol. The minimum absolute atomic E-state index is 0. The van der Waals surface area contributed by atoms with Crippen molar-refractivity contribution in [2.45, 2.75) is 32.7 Å². The van der Waals surface area contributed by atoms with E-state index in [0.717, 1.165) is 0 Å². The fourth-order valence-electron chi connectivity index (χ4n) is 2.75. The van der Waals surface area contributed by atoms with Gasteiger partial charge in [-0.15, -0.1) is 0 Å². The molecule has 1 aliphatic heterocycles. The summed E-state index contributed by atoms with van der Waals surface area (Å²) < 4.78 is 5.27. The van der Waals surface area contributed by atoms with Gasteiger partial charge >= 0.3 is 11.9 Å². The molecule has 2 atom stereocenters. The van der Waals surface area contributed by atoms with Crippen LogP contribution in [0.15, 0.2) is 0 Å². The standard InChI is InChI=1S/C13H24N2O5.Pt/c1-12(2,7-14)5-9(15)8-6-20-4-3-13(8,10(16)17)11(18)19;/h8-9H,3-7,14-15H2,1-2H3,(H,16,17)(H,18,19);. The first kappa shape index (κ1) is 20.5. The molecule has 6 N–H and O–H groups in total.